The highest BCUT2D eigenvalue weighted by atomic mass is 19.1. The van der Waals surface area contributed by atoms with Gasteiger partial charge in [0.25, 0.3) is 0 Å². The van der Waals surface area contributed by atoms with Crippen LogP contribution in [0.15, 0.2) is 24.3 Å². The van der Waals surface area contributed by atoms with E-state index >= 15 is 0 Å². The minimum absolute atomic E-state index is 0.0490. The molecular formula is C17H22FNO3. The van der Waals surface area contributed by atoms with Gasteiger partial charge in [-0.1, -0.05) is 13.0 Å². The SMILES string of the molecule is COc1cc(CN2C(=O)C=CCC(C)[C@H]2C)cc(F)c1OC. The van der Waals surface area contributed by atoms with Gasteiger partial charge >= 0.3 is 0 Å². The average molecular weight is 307 g/mol. The largest absolute Gasteiger partial charge is 0.493 e. The Hall–Kier alpha value is -2.04. The van der Waals surface area contributed by atoms with Crippen LogP contribution in [0.25, 0.3) is 0 Å². The van der Waals surface area contributed by atoms with E-state index in [1.165, 1.54) is 20.3 Å². The van der Waals surface area contributed by atoms with E-state index in [1.807, 2.05) is 13.0 Å². The third-order valence-corrected chi connectivity index (χ3v) is 4.21. The van der Waals surface area contributed by atoms with E-state index in [1.54, 1.807) is 17.0 Å². The van der Waals surface area contributed by atoms with E-state index in [2.05, 4.69) is 6.92 Å². The maximum absolute atomic E-state index is 14.1. The summed E-state index contributed by atoms with van der Waals surface area (Å²) in [6.45, 7) is 4.47. The normalized spacial score (nSPS) is 21.7. The smallest absolute Gasteiger partial charge is 0.246 e. The molecule has 2 rings (SSSR count). The Morgan fingerprint density at radius 3 is 2.64 bits per heavy atom. The fourth-order valence-corrected chi connectivity index (χ4v) is 2.67. The second-order valence-electron chi connectivity index (χ2n) is 5.64. The summed E-state index contributed by atoms with van der Waals surface area (Å²) in [5.74, 6) is 0.223. The van der Waals surface area contributed by atoms with Gasteiger partial charge in [0.1, 0.15) is 0 Å². The summed E-state index contributed by atoms with van der Waals surface area (Å²) in [5.41, 5.74) is 0.679. The third kappa shape index (κ3) is 3.24. The number of hydrogen-bond donors (Lipinski definition) is 0. The first-order chi connectivity index (χ1) is 10.5. The predicted molar refractivity (Wildman–Crippen MR) is 82.4 cm³/mol. The van der Waals surface area contributed by atoms with Crippen molar-refractivity contribution in [1.82, 2.24) is 4.90 Å². The Morgan fingerprint density at radius 1 is 1.27 bits per heavy atom. The summed E-state index contributed by atoms with van der Waals surface area (Å²) >= 11 is 0. The minimum Gasteiger partial charge on any atom is -0.493 e. The number of nitrogens with zero attached hydrogens (tertiary/aromatic N) is 1. The summed E-state index contributed by atoms with van der Waals surface area (Å²) in [7, 11) is 2.86. The van der Waals surface area contributed by atoms with Crippen molar-refractivity contribution in [3.63, 3.8) is 0 Å². The van der Waals surface area contributed by atoms with Crippen LogP contribution >= 0.6 is 0 Å². The monoisotopic (exact) mass is 307 g/mol. The van der Waals surface area contributed by atoms with Crippen LogP contribution in [0, 0.1) is 11.7 Å². The summed E-state index contributed by atoms with van der Waals surface area (Å²) in [4.78, 5) is 14.0. The molecule has 1 aromatic rings. The Labute approximate surface area is 130 Å². The Bertz CT molecular complexity index is 586. The molecule has 0 saturated heterocycles. The van der Waals surface area contributed by atoms with E-state index in [0.29, 0.717) is 23.8 Å². The molecule has 0 aromatic heterocycles. The first-order valence-electron chi connectivity index (χ1n) is 7.35. The number of carbonyl (C=O) groups is 1. The Kier molecular flexibility index (Phi) is 5.06. The van der Waals surface area contributed by atoms with Crippen molar-refractivity contribution >= 4 is 5.91 Å². The van der Waals surface area contributed by atoms with Gasteiger partial charge < -0.3 is 14.4 Å². The van der Waals surface area contributed by atoms with E-state index in [9.17, 15) is 9.18 Å². The van der Waals surface area contributed by atoms with Crippen LogP contribution in [-0.4, -0.2) is 31.1 Å². The standard InChI is InChI=1S/C17H22FNO3/c1-11-6-5-7-16(20)19(12(11)2)10-13-8-14(18)17(22-4)15(9-13)21-3/h5,7-9,11-12H,6,10H2,1-4H3/t11?,12-/m1/s1. The van der Waals surface area contributed by atoms with Crippen molar-refractivity contribution in [2.24, 2.45) is 5.92 Å². The summed E-state index contributed by atoms with van der Waals surface area (Å²) in [6.07, 6.45) is 4.36. The van der Waals surface area contributed by atoms with Gasteiger partial charge in [0.15, 0.2) is 17.3 Å². The molecule has 2 atom stereocenters. The van der Waals surface area contributed by atoms with E-state index in [4.69, 9.17) is 9.47 Å². The summed E-state index contributed by atoms with van der Waals surface area (Å²) < 4.78 is 24.2. The van der Waals surface area contributed by atoms with Crippen molar-refractivity contribution < 1.29 is 18.7 Å². The molecule has 0 fully saturated rings. The molecule has 1 heterocycles. The maximum atomic E-state index is 14.1. The lowest BCUT2D eigenvalue weighted by Crippen LogP contribution is -2.39. The molecule has 1 aromatic carbocycles. The number of hydrogen-bond acceptors (Lipinski definition) is 3. The molecule has 120 valence electrons. The van der Waals surface area contributed by atoms with Gasteiger partial charge in [0.2, 0.25) is 5.91 Å². The molecule has 22 heavy (non-hydrogen) atoms. The van der Waals surface area contributed by atoms with Crippen molar-refractivity contribution in [2.75, 3.05) is 14.2 Å². The Morgan fingerprint density at radius 2 is 2.00 bits per heavy atom. The fraction of sp³-hybridized carbons (Fsp3) is 0.471. The van der Waals surface area contributed by atoms with Crippen LogP contribution in [0.3, 0.4) is 0 Å². The quantitative estimate of drug-likeness (QED) is 0.857. The number of rotatable bonds is 4. The van der Waals surface area contributed by atoms with Gasteiger partial charge in [-0.05, 0) is 43.0 Å². The van der Waals surface area contributed by atoms with Crippen molar-refractivity contribution in [1.29, 1.82) is 0 Å². The second-order valence-corrected chi connectivity index (χ2v) is 5.64. The van der Waals surface area contributed by atoms with Crippen LogP contribution in [0.1, 0.15) is 25.8 Å². The third-order valence-electron chi connectivity index (χ3n) is 4.21. The predicted octanol–water partition coefficient (Wildman–Crippen LogP) is 3.16. The number of halogens is 1. The number of amides is 1. The zero-order valence-electron chi connectivity index (χ0n) is 13.4. The zero-order chi connectivity index (χ0) is 16.3. The van der Waals surface area contributed by atoms with Crippen LogP contribution in [0.5, 0.6) is 11.5 Å². The molecule has 0 bridgehead atoms. The van der Waals surface area contributed by atoms with Gasteiger partial charge in [-0.2, -0.15) is 0 Å². The molecule has 0 N–H and O–H groups in total. The molecule has 4 nitrogen and oxygen atoms in total. The molecular weight excluding hydrogens is 285 g/mol. The lowest BCUT2D eigenvalue weighted by molar-refractivity contribution is -0.129. The Balaban J connectivity index is 2.31. The number of benzene rings is 1. The highest BCUT2D eigenvalue weighted by Crippen LogP contribution is 2.32. The maximum Gasteiger partial charge on any atom is 0.246 e. The molecule has 0 saturated carbocycles. The number of methoxy groups -OCH3 is 2. The highest BCUT2D eigenvalue weighted by molar-refractivity contribution is 5.88. The first kappa shape index (κ1) is 16.3. The van der Waals surface area contributed by atoms with Gasteiger partial charge in [-0.25, -0.2) is 4.39 Å². The van der Waals surface area contributed by atoms with Gasteiger partial charge in [0.05, 0.1) is 14.2 Å². The van der Waals surface area contributed by atoms with Crippen molar-refractivity contribution in [2.45, 2.75) is 32.9 Å². The molecule has 1 aliphatic heterocycles. The number of carbonyl (C=O) groups excluding carboxylic acids is 1. The number of allylic oxidation sites excluding steroid dienone is 1. The van der Waals surface area contributed by atoms with Gasteiger partial charge in [-0.3, -0.25) is 4.79 Å². The topological polar surface area (TPSA) is 38.8 Å². The average Bonchev–Trinajstić information content (AvgIpc) is 2.61. The summed E-state index contributed by atoms with van der Waals surface area (Å²) in [6, 6.07) is 3.18. The summed E-state index contributed by atoms with van der Waals surface area (Å²) in [5, 5.41) is 0. The highest BCUT2D eigenvalue weighted by Gasteiger charge is 2.26. The fourth-order valence-electron chi connectivity index (χ4n) is 2.67. The van der Waals surface area contributed by atoms with Crippen LogP contribution in [0.2, 0.25) is 0 Å². The zero-order valence-corrected chi connectivity index (χ0v) is 13.4. The van der Waals surface area contributed by atoms with Crippen molar-refractivity contribution in [3.8, 4) is 11.5 Å². The first-order valence-corrected chi connectivity index (χ1v) is 7.35. The molecule has 0 spiro atoms. The molecule has 5 heteroatoms. The van der Waals surface area contributed by atoms with Crippen LogP contribution in [0.4, 0.5) is 4.39 Å². The molecule has 1 aliphatic rings. The van der Waals surface area contributed by atoms with Crippen molar-refractivity contribution in [3.05, 3.63) is 35.7 Å². The molecule has 1 amide bonds. The van der Waals surface area contributed by atoms with E-state index < -0.39 is 5.82 Å². The molecule has 0 radical (unpaired) electrons. The lowest BCUT2D eigenvalue weighted by atomic mass is 9.99. The van der Waals surface area contributed by atoms with Crippen LogP contribution < -0.4 is 9.47 Å². The van der Waals surface area contributed by atoms with E-state index in [-0.39, 0.29) is 17.7 Å². The van der Waals surface area contributed by atoms with Gasteiger partial charge in [-0.15, -0.1) is 0 Å². The second kappa shape index (κ2) is 6.81. The van der Waals surface area contributed by atoms with Gasteiger partial charge in [0, 0.05) is 12.6 Å². The van der Waals surface area contributed by atoms with Crippen LogP contribution in [-0.2, 0) is 11.3 Å². The molecule has 1 unspecified atom stereocenters. The molecule has 0 aliphatic carbocycles. The number of ether oxygens (including phenoxy) is 2. The lowest BCUT2D eigenvalue weighted by Gasteiger charge is -2.31. The minimum atomic E-state index is -0.490. The van der Waals surface area contributed by atoms with E-state index in [0.717, 1.165) is 6.42 Å².